The van der Waals surface area contributed by atoms with Crippen molar-refractivity contribution in [2.24, 2.45) is 5.73 Å². The molecule has 0 amide bonds. The van der Waals surface area contributed by atoms with Gasteiger partial charge >= 0.3 is 0 Å². The molecule has 6 heteroatoms. The van der Waals surface area contributed by atoms with Crippen LogP contribution in [-0.4, -0.2) is 46.0 Å². The minimum atomic E-state index is -3.16. The average molecular weight is 258 g/mol. The lowest BCUT2D eigenvalue weighted by molar-refractivity contribution is 0.189. The summed E-state index contributed by atoms with van der Waals surface area (Å²) in [6, 6.07) is 6.52. The molecular weight excluding hydrogens is 240 g/mol. The zero-order valence-corrected chi connectivity index (χ0v) is 10.8. The summed E-state index contributed by atoms with van der Waals surface area (Å²) in [7, 11) is -1.35. The molecule has 0 aliphatic carbocycles. The number of hydrogen-bond donors (Lipinski definition) is 2. The highest BCUT2D eigenvalue weighted by Gasteiger charge is 2.09. The molecule has 0 aromatic heterocycles. The Morgan fingerprint density at radius 1 is 1.35 bits per heavy atom. The summed E-state index contributed by atoms with van der Waals surface area (Å²) in [5.74, 6) is 0. The Hall–Kier alpha value is -1.11. The highest BCUT2D eigenvalue weighted by Crippen LogP contribution is 2.16. The second-order valence-electron chi connectivity index (χ2n) is 4.04. The maximum absolute atomic E-state index is 11.3. The van der Waals surface area contributed by atoms with Gasteiger partial charge in [0.1, 0.15) is 0 Å². The third-order valence-electron chi connectivity index (χ3n) is 2.46. The largest absolute Gasteiger partial charge is 0.390 e. The van der Waals surface area contributed by atoms with Crippen LogP contribution in [0.3, 0.4) is 0 Å². The Labute approximate surface area is 102 Å². The highest BCUT2D eigenvalue weighted by molar-refractivity contribution is 7.90. The molecule has 1 atom stereocenters. The van der Waals surface area contributed by atoms with Crippen LogP contribution in [0.25, 0.3) is 0 Å². The minimum Gasteiger partial charge on any atom is -0.390 e. The molecule has 5 nitrogen and oxygen atoms in total. The van der Waals surface area contributed by atoms with E-state index in [0.717, 1.165) is 5.69 Å². The van der Waals surface area contributed by atoms with Gasteiger partial charge in [0.25, 0.3) is 0 Å². The number of aliphatic hydroxyl groups excluding tert-OH is 1. The van der Waals surface area contributed by atoms with Crippen molar-refractivity contribution in [3.63, 3.8) is 0 Å². The van der Waals surface area contributed by atoms with Crippen molar-refractivity contribution in [1.29, 1.82) is 0 Å². The molecule has 3 N–H and O–H groups in total. The molecule has 0 aliphatic heterocycles. The zero-order chi connectivity index (χ0) is 13.1. The van der Waals surface area contributed by atoms with Gasteiger partial charge in [0.05, 0.1) is 11.0 Å². The average Bonchev–Trinajstić information content (AvgIpc) is 2.27. The predicted molar refractivity (Wildman–Crippen MR) is 67.9 cm³/mol. The SMILES string of the molecule is CN(CC(O)CN)c1ccc(S(C)(=O)=O)cc1. The number of sulfone groups is 1. The number of anilines is 1. The molecule has 0 heterocycles. The van der Waals surface area contributed by atoms with Gasteiger partial charge in [-0.2, -0.15) is 0 Å². The summed E-state index contributed by atoms with van der Waals surface area (Å²) in [5.41, 5.74) is 6.16. The number of hydrogen-bond acceptors (Lipinski definition) is 5. The van der Waals surface area contributed by atoms with E-state index >= 15 is 0 Å². The third-order valence-corrected chi connectivity index (χ3v) is 3.59. The summed E-state index contributed by atoms with van der Waals surface area (Å²) in [4.78, 5) is 2.11. The van der Waals surface area contributed by atoms with E-state index in [1.807, 2.05) is 11.9 Å². The fraction of sp³-hybridized carbons (Fsp3) is 0.455. The molecule has 1 unspecified atom stereocenters. The van der Waals surface area contributed by atoms with Crippen LogP contribution in [-0.2, 0) is 9.84 Å². The van der Waals surface area contributed by atoms with Gasteiger partial charge in [0, 0.05) is 32.1 Å². The normalized spacial score (nSPS) is 13.4. The zero-order valence-electron chi connectivity index (χ0n) is 10.00. The van der Waals surface area contributed by atoms with E-state index in [4.69, 9.17) is 5.73 Å². The van der Waals surface area contributed by atoms with E-state index < -0.39 is 15.9 Å². The summed E-state index contributed by atoms with van der Waals surface area (Å²) in [6.45, 7) is 0.612. The summed E-state index contributed by atoms with van der Waals surface area (Å²) >= 11 is 0. The molecule has 0 radical (unpaired) electrons. The molecule has 1 aromatic carbocycles. The second-order valence-corrected chi connectivity index (χ2v) is 6.05. The van der Waals surface area contributed by atoms with Crippen molar-refractivity contribution in [1.82, 2.24) is 0 Å². The molecule has 0 fully saturated rings. The first-order valence-corrected chi connectivity index (χ1v) is 7.13. The van der Waals surface area contributed by atoms with Crippen molar-refractivity contribution in [2.45, 2.75) is 11.0 Å². The van der Waals surface area contributed by atoms with Gasteiger partial charge in [-0.25, -0.2) is 8.42 Å². The van der Waals surface area contributed by atoms with Gasteiger partial charge in [-0.05, 0) is 24.3 Å². The summed E-state index contributed by atoms with van der Waals surface area (Å²) in [6.07, 6.45) is 0.582. The standard InChI is InChI=1S/C11H18N2O3S/c1-13(8-10(14)7-12)9-3-5-11(6-4-9)17(2,15)16/h3-6,10,14H,7-8,12H2,1-2H3. The Morgan fingerprint density at radius 3 is 2.29 bits per heavy atom. The first-order valence-electron chi connectivity index (χ1n) is 5.24. The maximum atomic E-state index is 11.3. The predicted octanol–water partition coefficient (Wildman–Crippen LogP) is -0.154. The van der Waals surface area contributed by atoms with Crippen LogP contribution in [0.4, 0.5) is 5.69 Å². The van der Waals surface area contributed by atoms with Gasteiger partial charge < -0.3 is 15.7 Å². The molecule has 0 saturated carbocycles. The second kappa shape index (κ2) is 5.48. The lowest BCUT2D eigenvalue weighted by Gasteiger charge is -2.22. The lowest BCUT2D eigenvalue weighted by Crippen LogP contribution is -2.34. The molecule has 0 saturated heterocycles. The number of nitrogens with two attached hydrogens (primary N) is 1. The van der Waals surface area contributed by atoms with E-state index in [1.165, 1.54) is 6.26 Å². The number of aliphatic hydroxyl groups is 1. The first-order chi connectivity index (χ1) is 7.84. The summed E-state index contributed by atoms with van der Waals surface area (Å²) < 4.78 is 22.5. The Balaban J connectivity index is 2.81. The third kappa shape index (κ3) is 3.99. The van der Waals surface area contributed by atoms with E-state index in [2.05, 4.69) is 0 Å². The van der Waals surface area contributed by atoms with Gasteiger partial charge in [-0.1, -0.05) is 0 Å². The van der Waals surface area contributed by atoms with Crippen LogP contribution in [0.2, 0.25) is 0 Å². The quantitative estimate of drug-likeness (QED) is 0.767. The lowest BCUT2D eigenvalue weighted by atomic mass is 10.2. The monoisotopic (exact) mass is 258 g/mol. The molecule has 17 heavy (non-hydrogen) atoms. The van der Waals surface area contributed by atoms with Crippen molar-refractivity contribution < 1.29 is 13.5 Å². The molecule has 1 aromatic rings. The van der Waals surface area contributed by atoms with Crippen LogP contribution < -0.4 is 10.6 Å². The Morgan fingerprint density at radius 2 is 1.88 bits per heavy atom. The van der Waals surface area contributed by atoms with E-state index in [-0.39, 0.29) is 11.4 Å². The summed E-state index contributed by atoms with van der Waals surface area (Å²) in [5, 5.41) is 9.41. The van der Waals surface area contributed by atoms with Gasteiger partial charge in [0.2, 0.25) is 0 Å². The number of benzene rings is 1. The van der Waals surface area contributed by atoms with Gasteiger partial charge in [-0.3, -0.25) is 0 Å². The van der Waals surface area contributed by atoms with Gasteiger partial charge in [0.15, 0.2) is 9.84 Å². The minimum absolute atomic E-state index is 0.200. The Bertz CT molecular complexity index is 456. The van der Waals surface area contributed by atoms with Crippen molar-refractivity contribution in [3.05, 3.63) is 24.3 Å². The molecule has 0 spiro atoms. The molecule has 0 aliphatic rings. The van der Waals surface area contributed by atoms with Crippen LogP contribution in [0.15, 0.2) is 29.2 Å². The molecular formula is C11H18N2O3S. The number of nitrogens with zero attached hydrogens (tertiary/aromatic N) is 1. The first kappa shape index (κ1) is 14.0. The number of likely N-dealkylation sites (N-methyl/N-ethyl adjacent to an activating group) is 1. The molecule has 0 bridgehead atoms. The van der Waals surface area contributed by atoms with E-state index in [1.54, 1.807) is 24.3 Å². The topological polar surface area (TPSA) is 83.6 Å². The van der Waals surface area contributed by atoms with Gasteiger partial charge in [-0.15, -0.1) is 0 Å². The maximum Gasteiger partial charge on any atom is 0.175 e. The smallest absolute Gasteiger partial charge is 0.175 e. The van der Waals surface area contributed by atoms with Crippen LogP contribution in [0.5, 0.6) is 0 Å². The van der Waals surface area contributed by atoms with E-state index in [9.17, 15) is 13.5 Å². The highest BCUT2D eigenvalue weighted by atomic mass is 32.2. The van der Waals surface area contributed by atoms with Crippen LogP contribution in [0.1, 0.15) is 0 Å². The van der Waals surface area contributed by atoms with Crippen molar-refractivity contribution >= 4 is 15.5 Å². The van der Waals surface area contributed by atoms with Crippen molar-refractivity contribution in [2.75, 3.05) is 31.3 Å². The van der Waals surface area contributed by atoms with Crippen molar-refractivity contribution in [3.8, 4) is 0 Å². The molecule has 1 rings (SSSR count). The van der Waals surface area contributed by atoms with Crippen LogP contribution >= 0.6 is 0 Å². The molecule has 96 valence electrons. The fourth-order valence-electron chi connectivity index (χ4n) is 1.44. The number of rotatable bonds is 5. The Kier molecular flexibility index (Phi) is 4.50. The fourth-order valence-corrected chi connectivity index (χ4v) is 2.07. The van der Waals surface area contributed by atoms with Crippen LogP contribution in [0, 0.1) is 0 Å². The van der Waals surface area contributed by atoms with E-state index in [0.29, 0.717) is 6.54 Å².